The Balaban J connectivity index is 2.68. The molecule has 0 saturated carbocycles. The maximum Gasteiger partial charge on any atom is 0.230 e. The van der Waals surface area contributed by atoms with Gasteiger partial charge in [-0.3, -0.25) is 0 Å². The van der Waals surface area contributed by atoms with Crippen LogP contribution in [0, 0.1) is 0 Å². The summed E-state index contributed by atoms with van der Waals surface area (Å²) in [4.78, 5) is 1.97. The third kappa shape index (κ3) is 1.72. The first-order valence-electron chi connectivity index (χ1n) is 4.77. The highest BCUT2D eigenvalue weighted by Gasteiger charge is 2.16. The van der Waals surface area contributed by atoms with Crippen LogP contribution in [0.15, 0.2) is 28.9 Å². The molecule has 2 aromatic rings. The minimum absolute atomic E-state index is 0.274. The predicted octanol–water partition coefficient (Wildman–Crippen LogP) is 2.64. The molecule has 0 aliphatic heterocycles. The van der Waals surface area contributed by atoms with Crippen LogP contribution in [-0.2, 0) is 0 Å². The molecule has 2 N–H and O–H groups in total. The SMILES string of the molecule is CN(C)c1cccc(Cl)c1-c1cnoc1N. The average Bonchev–Trinajstić information content (AvgIpc) is 2.64. The van der Waals surface area contributed by atoms with Gasteiger partial charge in [0.1, 0.15) is 0 Å². The van der Waals surface area contributed by atoms with E-state index in [1.54, 1.807) is 6.20 Å². The predicted molar refractivity (Wildman–Crippen MR) is 65.7 cm³/mol. The number of benzene rings is 1. The molecule has 0 aliphatic carbocycles. The van der Waals surface area contributed by atoms with E-state index >= 15 is 0 Å². The molecule has 0 radical (unpaired) electrons. The van der Waals surface area contributed by atoms with Crippen molar-refractivity contribution in [2.24, 2.45) is 0 Å². The molecule has 0 atom stereocenters. The molecule has 0 spiro atoms. The van der Waals surface area contributed by atoms with Crippen LogP contribution < -0.4 is 10.6 Å². The molecular formula is C11H12ClN3O. The first kappa shape index (κ1) is 10.8. The van der Waals surface area contributed by atoms with Crippen molar-refractivity contribution in [1.29, 1.82) is 0 Å². The van der Waals surface area contributed by atoms with Crippen molar-refractivity contribution in [1.82, 2.24) is 5.16 Å². The quantitative estimate of drug-likeness (QED) is 0.873. The highest BCUT2D eigenvalue weighted by Crippen LogP contribution is 2.38. The topological polar surface area (TPSA) is 55.3 Å². The van der Waals surface area contributed by atoms with Gasteiger partial charge in [0.25, 0.3) is 0 Å². The van der Waals surface area contributed by atoms with Crippen molar-refractivity contribution in [3.8, 4) is 11.1 Å². The van der Waals surface area contributed by atoms with Crippen molar-refractivity contribution >= 4 is 23.2 Å². The van der Waals surface area contributed by atoms with Gasteiger partial charge in [0, 0.05) is 25.3 Å². The molecule has 0 unspecified atom stereocenters. The Hall–Kier alpha value is -1.68. The lowest BCUT2D eigenvalue weighted by molar-refractivity contribution is 0.436. The van der Waals surface area contributed by atoms with E-state index in [1.165, 1.54) is 0 Å². The summed E-state index contributed by atoms with van der Waals surface area (Å²) in [5, 5.41) is 4.29. The number of halogens is 1. The average molecular weight is 238 g/mol. The molecule has 1 aromatic heterocycles. The maximum absolute atomic E-state index is 6.19. The zero-order valence-electron chi connectivity index (χ0n) is 9.07. The Labute approximate surface area is 98.6 Å². The third-order valence-corrected chi connectivity index (χ3v) is 2.66. The van der Waals surface area contributed by atoms with Crippen LogP contribution in [0.25, 0.3) is 11.1 Å². The first-order chi connectivity index (χ1) is 7.61. The standard InChI is InChI=1S/C11H12ClN3O/c1-15(2)9-5-3-4-8(12)10(9)7-6-14-16-11(7)13/h3-6H,13H2,1-2H3. The lowest BCUT2D eigenvalue weighted by Gasteiger charge is -2.17. The Morgan fingerprint density at radius 2 is 2.12 bits per heavy atom. The van der Waals surface area contributed by atoms with E-state index in [0.29, 0.717) is 10.6 Å². The van der Waals surface area contributed by atoms with Crippen molar-refractivity contribution < 1.29 is 4.52 Å². The number of hydrogen-bond acceptors (Lipinski definition) is 4. The Kier molecular flexibility index (Phi) is 2.75. The summed E-state index contributed by atoms with van der Waals surface area (Å²) in [6, 6.07) is 5.68. The molecule has 16 heavy (non-hydrogen) atoms. The molecule has 2 rings (SSSR count). The summed E-state index contributed by atoms with van der Waals surface area (Å²) in [5.41, 5.74) is 8.24. The molecule has 0 saturated heterocycles. The van der Waals surface area contributed by atoms with Crippen LogP contribution >= 0.6 is 11.6 Å². The van der Waals surface area contributed by atoms with E-state index in [-0.39, 0.29) is 5.88 Å². The molecule has 5 heteroatoms. The van der Waals surface area contributed by atoms with E-state index in [9.17, 15) is 0 Å². The monoisotopic (exact) mass is 237 g/mol. The summed E-state index contributed by atoms with van der Waals surface area (Å²) in [5.74, 6) is 0.274. The minimum Gasteiger partial charge on any atom is -0.377 e. The van der Waals surface area contributed by atoms with Crippen LogP contribution in [0.2, 0.25) is 5.02 Å². The summed E-state index contributed by atoms with van der Waals surface area (Å²) in [7, 11) is 3.89. The number of hydrogen-bond donors (Lipinski definition) is 1. The highest BCUT2D eigenvalue weighted by atomic mass is 35.5. The number of nitrogen functional groups attached to an aromatic ring is 1. The van der Waals surface area contributed by atoms with Crippen LogP contribution in [0.1, 0.15) is 0 Å². The van der Waals surface area contributed by atoms with E-state index < -0.39 is 0 Å². The molecule has 4 nitrogen and oxygen atoms in total. The molecule has 1 aromatic carbocycles. The molecule has 0 amide bonds. The fourth-order valence-corrected chi connectivity index (χ4v) is 1.86. The van der Waals surface area contributed by atoms with Crippen LogP contribution in [0.3, 0.4) is 0 Å². The highest BCUT2D eigenvalue weighted by molar-refractivity contribution is 6.34. The summed E-state index contributed by atoms with van der Waals surface area (Å²) < 4.78 is 4.86. The summed E-state index contributed by atoms with van der Waals surface area (Å²) in [6.45, 7) is 0. The number of aromatic nitrogens is 1. The smallest absolute Gasteiger partial charge is 0.230 e. The number of anilines is 2. The van der Waals surface area contributed by atoms with E-state index in [4.69, 9.17) is 21.9 Å². The molecule has 84 valence electrons. The summed E-state index contributed by atoms with van der Waals surface area (Å²) in [6.07, 6.45) is 1.57. The molecule has 0 bridgehead atoms. The second-order valence-electron chi connectivity index (χ2n) is 3.63. The molecule has 0 fully saturated rings. The van der Waals surface area contributed by atoms with Gasteiger partial charge in [-0.05, 0) is 12.1 Å². The van der Waals surface area contributed by atoms with Gasteiger partial charge in [0.2, 0.25) is 5.88 Å². The summed E-state index contributed by atoms with van der Waals surface area (Å²) >= 11 is 6.19. The van der Waals surface area contributed by atoms with Gasteiger partial charge in [-0.2, -0.15) is 0 Å². The second kappa shape index (κ2) is 4.06. The van der Waals surface area contributed by atoms with Crippen LogP contribution in [-0.4, -0.2) is 19.3 Å². The van der Waals surface area contributed by atoms with Gasteiger partial charge < -0.3 is 15.2 Å². The Morgan fingerprint density at radius 1 is 1.38 bits per heavy atom. The van der Waals surface area contributed by atoms with Gasteiger partial charge in [-0.25, -0.2) is 0 Å². The Morgan fingerprint density at radius 3 is 2.69 bits per heavy atom. The minimum atomic E-state index is 0.274. The van der Waals surface area contributed by atoms with Gasteiger partial charge in [0.05, 0.1) is 16.8 Å². The fourth-order valence-electron chi connectivity index (χ4n) is 1.59. The number of nitrogens with zero attached hydrogens (tertiary/aromatic N) is 2. The fraction of sp³-hybridized carbons (Fsp3) is 0.182. The van der Waals surface area contributed by atoms with Crippen LogP contribution in [0.5, 0.6) is 0 Å². The number of rotatable bonds is 2. The first-order valence-corrected chi connectivity index (χ1v) is 5.15. The van der Waals surface area contributed by atoms with Crippen molar-refractivity contribution in [3.05, 3.63) is 29.4 Å². The van der Waals surface area contributed by atoms with Gasteiger partial charge in [0.15, 0.2) is 0 Å². The maximum atomic E-state index is 6.19. The van der Waals surface area contributed by atoms with E-state index in [1.807, 2.05) is 37.2 Å². The van der Waals surface area contributed by atoms with Crippen LogP contribution in [0.4, 0.5) is 11.6 Å². The van der Waals surface area contributed by atoms with Crippen molar-refractivity contribution in [2.75, 3.05) is 24.7 Å². The number of nitrogens with two attached hydrogens (primary N) is 1. The molecular weight excluding hydrogens is 226 g/mol. The lowest BCUT2D eigenvalue weighted by Crippen LogP contribution is -2.10. The zero-order chi connectivity index (χ0) is 11.7. The van der Waals surface area contributed by atoms with Gasteiger partial charge in [-0.15, -0.1) is 0 Å². The lowest BCUT2D eigenvalue weighted by atomic mass is 10.1. The van der Waals surface area contributed by atoms with Crippen molar-refractivity contribution in [3.63, 3.8) is 0 Å². The second-order valence-corrected chi connectivity index (χ2v) is 4.04. The zero-order valence-corrected chi connectivity index (χ0v) is 9.82. The van der Waals surface area contributed by atoms with Gasteiger partial charge >= 0.3 is 0 Å². The van der Waals surface area contributed by atoms with E-state index in [2.05, 4.69) is 5.16 Å². The van der Waals surface area contributed by atoms with Gasteiger partial charge in [-0.1, -0.05) is 22.8 Å². The molecule has 0 aliphatic rings. The van der Waals surface area contributed by atoms with E-state index in [0.717, 1.165) is 11.3 Å². The Bertz CT molecular complexity index is 508. The molecule has 1 heterocycles. The largest absolute Gasteiger partial charge is 0.377 e. The normalized spacial score (nSPS) is 10.4. The third-order valence-electron chi connectivity index (χ3n) is 2.34. The van der Waals surface area contributed by atoms with Crippen molar-refractivity contribution in [2.45, 2.75) is 0 Å².